The molecule has 0 saturated carbocycles. The van der Waals surface area contributed by atoms with Crippen LogP contribution < -0.4 is 0 Å². The molecule has 2 aromatic rings. The van der Waals surface area contributed by atoms with Crippen molar-refractivity contribution in [3.8, 4) is 0 Å². The summed E-state index contributed by atoms with van der Waals surface area (Å²) in [5, 5.41) is 0. The fourth-order valence-corrected chi connectivity index (χ4v) is 2.34. The van der Waals surface area contributed by atoms with Crippen molar-refractivity contribution < 1.29 is 9.15 Å². The number of fused-ring (bicyclic) bond motifs is 1. The maximum atomic E-state index is 5.56. The number of hydrogen-bond acceptors (Lipinski definition) is 4. The first-order valence-electron chi connectivity index (χ1n) is 5.73. The van der Waals surface area contributed by atoms with Crippen LogP contribution in [0.4, 0.5) is 0 Å². The highest BCUT2D eigenvalue weighted by Gasteiger charge is 2.13. The number of para-hydroxylation sites is 2. The van der Waals surface area contributed by atoms with Crippen molar-refractivity contribution in [1.82, 2.24) is 9.47 Å². The highest BCUT2D eigenvalue weighted by molar-refractivity contribution is 7.71. The number of oxazole rings is 1. The van der Waals surface area contributed by atoms with Gasteiger partial charge in [0.05, 0.1) is 25.4 Å². The SMILES string of the molecule is S=c1oc2ccccc2n1CN1CCOCC1. The molecule has 1 aromatic heterocycles. The second-order valence-electron chi connectivity index (χ2n) is 4.14. The van der Waals surface area contributed by atoms with Gasteiger partial charge in [0.25, 0.3) is 4.84 Å². The molecule has 5 heteroatoms. The van der Waals surface area contributed by atoms with Gasteiger partial charge in [0.1, 0.15) is 0 Å². The summed E-state index contributed by atoms with van der Waals surface area (Å²) >= 11 is 5.26. The highest BCUT2D eigenvalue weighted by Crippen LogP contribution is 2.17. The molecule has 0 bridgehead atoms. The van der Waals surface area contributed by atoms with Crippen molar-refractivity contribution in [3.63, 3.8) is 0 Å². The van der Waals surface area contributed by atoms with Crippen molar-refractivity contribution in [2.45, 2.75) is 6.67 Å². The molecule has 1 saturated heterocycles. The Labute approximate surface area is 104 Å². The van der Waals surface area contributed by atoms with E-state index in [0.29, 0.717) is 4.84 Å². The lowest BCUT2D eigenvalue weighted by Gasteiger charge is -2.26. The van der Waals surface area contributed by atoms with E-state index >= 15 is 0 Å². The zero-order chi connectivity index (χ0) is 11.7. The molecular weight excluding hydrogens is 236 g/mol. The molecule has 3 rings (SSSR count). The average molecular weight is 250 g/mol. The van der Waals surface area contributed by atoms with E-state index in [9.17, 15) is 0 Å². The molecule has 0 radical (unpaired) electrons. The molecule has 17 heavy (non-hydrogen) atoms. The van der Waals surface area contributed by atoms with Gasteiger partial charge in [-0.05, 0) is 24.4 Å². The molecular formula is C12H14N2O2S. The predicted octanol–water partition coefficient (Wildman–Crippen LogP) is 2.25. The third-order valence-corrected chi connectivity index (χ3v) is 3.32. The van der Waals surface area contributed by atoms with Crippen LogP contribution in [0.1, 0.15) is 0 Å². The molecule has 0 N–H and O–H groups in total. The summed E-state index contributed by atoms with van der Waals surface area (Å²) in [5.41, 5.74) is 1.91. The largest absolute Gasteiger partial charge is 0.429 e. The van der Waals surface area contributed by atoms with Crippen LogP contribution in [0.15, 0.2) is 28.7 Å². The Hall–Kier alpha value is -1.17. The molecule has 1 fully saturated rings. The van der Waals surface area contributed by atoms with E-state index in [1.54, 1.807) is 0 Å². The standard InChI is InChI=1S/C12H14N2O2S/c17-12-14(9-13-5-7-15-8-6-13)10-3-1-2-4-11(10)16-12/h1-4H,5-9H2. The van der Waals surface area contributed by atoms with Gasteiger partial charge in [-0.3, -0.25) is 9.47 Å². The van der Waals surface area contributed by atoms with E-state index in [1.165, 1.54) is 0 Å². The second-order valence-corrected chi connectivity index (χ2v) is 4.48. The minimum absolute atomic E-state index is 0.540. The smallest absolute Gasteiger partial charge is 0.270 e. The second kappa shape index (κ2) is 4.60. The van der Waals surface area contributed by atoms with Gasteiger partial charge < -0.3 is 9.15 Å². The molecule has 1 aliphatic heterocycles. The number of benzene rings is 1. The molecule has 0 atom stereocenters. The number of morpholine rings is 1. The number of aromatic nitrogens is 1. The van der Waals surface area contributed by atoms with Crippen LogP contribution in [-0.4, -0.2) is 35.8 Å². The monoisotopic (exact) mass is 250 g/mol. The van der Waals surface area contributed by atoms with E-state index in [-0.39, 0.29) is 0 Å². The summed E-state index contributed by atoms with van der Waals surface area (Å²) in [6, 6.07) is 7.94. The van der Waals surface area contributed by atoms with Crippen LogP contribution >= 0.6 is 12.2 Å². The normalized spacial score (nSPS) is 17.6. The van der Waals surface area contributed by atoms with E-state index in [1.807, 2.05) is 28.8 Å². The first-order chi connectivity index (χ1) is 8.34. The molecule has 1 aliphatic rings. The lowest BCUT2D eigenvalue weighted by Crippen LogP contribution is -2.37. The molecule has 4 nitrogen and oxygen atoms in total. The maximum Gasteiger partial charge on any atom is 0.270 e. The molecule has 1 aromatic carbocycles. The minimum Gasteiger partial charge on any atom is -0.429 e. The molecule has 0 unspecified atom stereocenters. The van der Waals surface area contributed by atoms with Gasteiger partial charge in [-0.2, -0.15) is 0 Å². The number of hydrogen-bond donors (Lipinski definition) is 0. The lowest BCUT2D eigenvalue weighted by atomic mass is 10.3. The Kier molecular flexibility index (Phi) is 2.96. The van der Waals surface area contributed by atoms with Crippen LogP contribution in [0.3, 0.4) is 0 Å². The quantitative estimate of drug-likeness (QED) is 0.765. The van der Waals surface area contributed by atoms with Gasteiger partial charge in [0.15, 0.2) is 5.58 Å². The molecule has 90 valence electrons. The van der Waals surface area contributed by atoms with E-state index in [4.69, 9.17) is 21.4 Å². The summed E-state index contributed by atoms with van der Waals surface area (Å²) in [5.74, 6) is 0. The summed E-state index contributed by atoms with van der Waals surface area (Å²) in [4.78, 5) is 2.86. The number of rotatable bonds is 2. The van der Waals surface area contributed by atoms with E-state index in [2.05, 4.69) is 4.90 Å². The van der Waals surface area contributed by atoms with Gasteiger partial charge in [0.2, 0.25) is 0 Å². The summed E-state index contributed by atoms with van der Waals surface area (Å²) in [6.45, 7) is 4.26. The van der Waals surface area contributed by atoms with Crippen LogP contribution in [0.5, 0.6) is 0 Å². The molecule has 0 amide bonds. The van der Waals surface area contributed by atoms with Gasteiger partial charge in [-0.1, -0.05) is 12.1 Å². The van der Waals surface area contributed by atoms with Gasteiger partial charge in [-0.25, -0.2) is 0 Å². The Bertz CT molecular complexity index is 569. The number of ether oxygens (including phenoxy) is 1. The topological polar surface area (TPSA) is 30.5 Å². The first-order valence-corrected chi connectivity index (χ1v) is 6.14. The average Bonchev–Trinajstić information content (AvgIpc) is 2.68. The van der Waals surface area contributed by atoms with Crippen LogP contribution in [-0.2, 0) is 11.4 Å². The Morgan fingerprint density at radius 2 is 1.94 bits per heavy atom. The Morgan fingerprint density at radius 1 is 1.18 bits per heavy atom. The summed E-state index contributed by atoms with van der Waals surface area (Å²) in [7, 11) is 0. The summed E-state index contributed by atoms with van der Waals surface area (Å²) in [6.07, 6.45) is 0. The van der Waals surface area contributed by atoms with E-state index in [0.717, 1.165) is 44.1 Å². The van der Waals surface area contributed by atoms with Gasteiger partial charge in [-0.15, -0.1) is 0 Å². The van der Waals surface area contributed by atoms with Crippen LogP contribution in [0, 0.1) is 4.84 Å². The molecule has 2 heterocycles. The van der Waals surface area contributed by atoms with E-state index < -0.39 is 0 Å². The van der Waals surface area contributed by atoms with Gasteiger partial charge in [0, 0.05) is 13.1 Å². The fraction of sp³-hybridized carbons (Fsp3) is 0.417. The van der Waals surface area contributed by atoms with Crippen molar-refractivity contribution >= 4 is 23.3 Å². The molecule has 0 aliphatic carbocycles. The zero-order valence-corrected chi connectivity index (χ0v) is 10.3. The van der Waals surface area contributed by atoms with Crippen LogP contribution in [0.2, 0.25) is 0 Å². The van der Waals surface area contributed by atoms with Gasteiger partial charge >= 0.3 is 0 Å². The lowest BCUT2D eigenvalue weighted by molar-refractivity contribution is 0.0234. The third kappa shape index (κ3) is 2.13. The zero-order valence-electron chi connectivity index (χ0n) is 9.46. The predicted molar refractivity (Wildman–Crippen MR) is 67.4 cm³/mol. The molecule has 0 spiro atoms. The maximum absolute atomic E-state index is 5.56. The fourth-order valence-electron chi connectivity index (χ4n) is 2.09. The minimum atomic E-state index is 0.540. The van der Waals surface area contributed by atoms with Crippen molar-refractivity contribution in [3.05, 3.63) is 29.1 Å². The van der Waals surface area contributed by atoms with Crippen molar-refractivity contribution in [1.29, 1.82) is 0 Å². The van der Waals surface area contributed by atoms with Crippen LogP contribution in [0.25, 0.3) is 11.1 Å². The summed E-state index contributed by atoms with van der Waals surface area (Å²) < 4.78 is 12.9. The Morgan fingerprint density at radius 3 is 2.76 bits per heavy atom. The Balaban J connectivity index is 1.93. The van der Waals surface area contributed by atoms with Crippen molar-refractivity contribution in [2.75, 3.05) is 26.3 Å². The highest BCUT2D eigenvalue weighted by atomic mass is 32.1. The van der Waals surface area contributed by atoms with Crippen molar-refractivity contribution in [2.24, 2.45) is 0 Å². The number of nitrogens with zero attached hydrogens (tertiary/aromatic N) is 2. The first kappa shape index (κ1) is 11.0. The third-order valence-electron chi connectivity index (χ3n) is 3.02.